The van der Waals surface area contributed by atoms with E-state index in [0.29, 0.717) is 11.3 Å². The van der Waals surface area contributed by atoms with E-state index < -0.39 is 22.6 Å². The summed E-state index contributed by atoms with van der Waals surface area (Å²) in [6.45, 7) is -0.486. The molecule has 0 saturated heterocycles. The molecule has 2 N–H and O–H groups in total. The van der Waals surface area contributed by atoms with Crippen LogP contribution < -0.4 is 4.72 Å². The summed E-state index contributed by atoms with van der Waals surface area (Å²) in [6, 6.07) is 23.8. The molecule has 0 unspecified atom stereocenters. The Hall–Kier alpha value is -4.26. The molecular weight excluding hydrogens is 466 g/mol. The fourth-order valence-corrected chi connectivity index (χ4v) is 4.67. The molecule has 8 nitrogen and oxygen atoms in total. The molecule has 3 aromatic carbocycles. The highest BCUT2D eigenvalue weighted by Crippen LogP contribution is 2.30. The molecule has 0 aliphatic rings. The van der Waals surface area contributed by atoms with Crippen LogP contribution in [0.15, 0.2) is 83.8 Å². The zero-order valence-corrected chi connectivity index (χ0v) is 19.3. The molecule has 0 bridgehead atoms. The summed E-state index contributed by atoms with van der Waals surface area (Å²) in [7, 11) is -3.79. The Labute approximate surface area is 202 Å². The van der Waals surface area contributed by atoms with Crippen molar-refractivity contribution in [2.75, 3.05) is 13.2 Å². The number of nitriles is 1. The normalized spacial score (nSPS) is 11.2. The Morgan fingerprint density at radius 1 is 0.943 bits per heavy atom. The highest BCUT2D eigenvalue weighted by molar-refractivity contribution is 7.89. The molecule has 0 atom stereocenters. The second-order valence-corrected chi connectivity index (χ2v) is 9.38. The molecule has 9 heteroatoms. The second-order valence-electron chi connectivity index (χ2n) is 7.62. The van der Waals surface area contributed by atoms with Gasteiger partial charge in [-0.2, -0.15) is 5.26 Å². The average Bonchev–Trinajstić information content (AvgIpc) is 3.27. The molecule has 0 radical (unpaired) electrons. The molecule has 0 spiro atoms. The summed E-state index contributed by atoms with van der Waals surface area (Å²) in [6.07, 6.45) is 0.0418. The Morgan fingerprint density at radius 3 is 2.34 bits per heavy atom. The monoisotopic (exact) mass is 487 g/mol. The zero-order valence-electron chi connectivity index (χ0n) is 18.5. The maximum Gasteiger partial charge on any atom is 0.338 e. The number of aromatic amines is 1. The van der Waals surface area contributed by atoms with Crippen LogP contribution in [0.1, 0.15) is 27.1 Å². The summed E-state index contributed by atoms with van der Waals surface area (Å²) in [5.41, 5.74) is 2.81. The fourth-order valence-electron chi connectivity index (χ4n) is 3.63. The van der Waals surface area contributed by atoms with Crippen LogP contribution in [0, 0.1) is 11.3 Å². The number of carbonyl (C=O) groups excluding carboxylic acids is 2. The number of hydrogen-bond acceptors (Lipinski definition) is 6. The first kappa shape index (κ1) is 23.9. The number of sulfonamides is 1. The van der Waals surface area contributed by atoms with Crippen molar-refractivity contribution in [2.24, 2.45) is 0 Å². The molecule has 0 aliphatic heterocycles. The van der Waals surface area contributed by atoms with Crippen LogP contribution in [-0.2, 0) is 14.8 Å². The van der Waals surface area contributed by atoms with Crippen LogP contribution in [0.5, 0.6) is 0 Å². The molecule has 1 aromatic heterocycles. The lowest BCUT2D eigenvalue weighted by molar-refractivity contribution is 0.0475. The van der Waals surface area contributed by atoms with Crippen molar-refractivity contribution < 1.29 is 22.7 Å². The Kier molecular flexibility index (Phi) is 7.06. The quantitative estimate of drug-likeness (QED) is 0.208. The number of esters is 1. The van der Waals surface area contributed by atoms with Gasteiger partial charge in [-0.3, -0.25) is 4.79 Å². The third-order valence-corrected chi connectivity index (χ3v) is 6.79. The number of para-hydroxylation sites is 1. The molecule has 1 heterocycles. The summed E-state index contributed by atoms with van der Waals surface area (Å²) in [5, 5.41) is 9.27. The van der Waals surface area contributed by atoms with E-state index in [-0.39, 0.29) is 29.2 Å². The van der Waals surface area contributed by atoms with Crippen LogP contribution in [0.25, 0.3) is 22.2 Å². The van der Waals surface area contributed by atoms with Crippen molar-refractivity contribution in [3.05, 3.63) is 90.0 Å². The summed E-state index contributed by atoms with van der Waals surface area (Å²) in [4.78, 5) is 28.9. The second kappa shape index (κ2) is 10.3. The fraction of sp³-hybridized carbons (Fsp3) is 0.115. The molecule has 0 aliphatic carbocycles. The number of aromatic nitrogens is 1. The van der Waals surface area contributed by atoms with E-state index in [0.717, 1.165) is 16.5 Å². The summed E-state index contributed by atoms with van der Waals surface area (Å²) in [5.74, 6) is -1.11. The number of carbonyl (C=O) groups is 2. The highest BCUT2D eigenvalue weighted by atomic mass is 32.2. The number of ketones is 1. The van der Waals surface area contributed by atoms with E-state index in [1.54, 1.807) is 0 Å². The number of H-pyrrole nitrogens is 1. The third kappa shape index (κ3) is 5.30. The number of benzene rings is 3. The van der Waals surface area contributed by atoms with Crippen LogP contribution >= 0.6 is 0 Å². The van der Waals surface area contributed by atoms with Gasteiger partial charge in [-0.1, -0.05) is 48.5 Å². The van der Waals surface area contributed by atoms with E-state index in [1.807, 2.05) is 60.7 Å². The number of hydrogen-bond donors (Lipinski definition) is 2. The molecule has 0 amide bonds. The number of nitrogens with zero attached hydrogens (tertiary/aromatic N) is 1. The molecule has 35 heavy (non-hydrogen) atoms. The van der Waals surface area contributed by atoms with Crippen molar-refractivity contribution in [3.8, 4) is 17.3 Å². The number of nitrogens with one attached hydrogen (secondary N) is 2. The van der Waals surface area contributed by atoms with Crippen molar-refractivity contribution in [2.45, 2.75) is 11.3 Å². The van der Waals surface area contributed by atoms with Gasteiger partial charge in [-0.15, -0.1) is 0 Å². The zero-order chi connectivity index (χ0) is 24.8. The number of ether oxygens (including phenoxy) is 1. The lowest BCUT2D eigenvalue weighted by Gasteiger charge is -2.08. The van der Waals surface area contributed by atoms with Gasteiger partial charge in [0, 0.05) is 23.9 Å². The van der Waals surface area contributed by atoms with E-state index in [9.17, 15) is 18.0 Å². The standard InChI is InChI=1S/C26H21N3O5S/c27-15-6-16-28-35(32,33)20-13-11-19(12-14-20)26(31)34-17-23(30)24-21-9-4-5-10-22(21)29-25(24)18-7-2-1-3-8-18/h1-5,7-14,28-29H,6,16-17H2. The molecule has 0 fully saturated rings. The topological polar surface area (TPSA) is 129 Å². The maximum atomic E-state index is 13.2. The van der Waals surface area contributed by atoms with Gasteiger partial charge in [0.05, 0.1) is 27.8 Å². The minimum atomic E-state index is -3.79. The largest absolute Gasteiger partial charge is 0.454 e. The first-order valence-electron chi connectivity index (χ1n) is 10.7. The first-order valence-corrected chi connectivity index (χ1v) is 12.2. The van der Waals surface area contributed by atoms with Gasteiger partial charge in [0.2, 0.25) is 15.8 Å². The molecular formula is C26H21N3O5S. The van der Waals surface area contributed by atoms with Crippen molar-refractivity contribution in [3.63, 3.8) is 0 Å². The Morgan fingerprint density at radius 2 is 1.63 bits per heavy atom. The van der Waals surface area contributed by atoms with Gasteiger partial charge in [-0.25, -0.2) is 17.9 Å². The van der Waals surface area contributed by atoms with Crippen molar-refractivity contribution in [1.29, 1.82) is 5.26 Å². The predicted molar refractivity (Wildman–Crippen MR) is 130 cm³/mol. The van der Waals surface area contributed by atoms with Crippen molar-refractivity contribution in [1.82, 2.24) is 9.71 Å². The number of rotatable bonds is 9. The van der Waals surface area contributed by atoms with E-state index in [1.165, 1.54) is 24.3 Å². The van der Waals surface area contributed by atoms with Crippen LogP contribution in [0.3, 0.4) is 0 Å². The van der Waals surface area contributed by atoms with Crippen LogP contribution in [0.2, 0.25) is 0 Å². The van der Waals surface area contributed by atoms with Gasteiger partial charge in [0.15, 0.2) is 6.61 Å². The molecule has 4 rings (SSSR count). The van der Waals surface area contributed by atoms with Gasteiger partial charge < -0.3 is 9.72 Å². The number of Topliss-reactive ketones (excluding diaryl/α,β-unsaturated/α-hetero) is 1. The molecule has 0 saturated carbocycles. The van der Waals surface area contributed by atoms with Crippen LogP contribution in [-0.4, -0.2) is 38.3 Å². The average molecular weight is 488 g/mol. The predicted octanol–water partition coefficient (Wildman–Crippen LogP) is 4.07. The van der Waals surface area contributed by atoms with Gasteiger partial charge in [0.25, 0.3) is 0 Å². The summed E-state index contributed by atoms with van der Waals surface area (Å²) < 4.78 is 32.0. The summed E-state index contributed by atoms with van der Waals surface area (Å²) >= 11 is 0. The maximum absolute atomic E-state index is 13.2. The van der Waals surface area contributed by atoms with Crippen molar-refractivity contribution >= 4 is 32.7 Å². The van der Waals surface area contributed by atoms with E-state index >= 15 is 0 Å². The van der Waals surface area contributed by atoms with Gasteiger partial charge in [0.1, 0.15) is 0 Å². The lowest BCUT2D eigenvalue weighted by Crippen LogP contribution is -2.24. The first-order chi connectivity index (χ1) is 16.9. The Bertz CT molecular complexity index is 1520. The molecule has 176 valence electrons. The highest BCUT2D eigenvalue weighted by Gasteiger charge is 2.21. The SMILES string of the molecule is N#CCCNS(=O)(=O)c1ccc(C(=O)OCC(=O)c2c(-c3ccccc3)[nH]c3ccccc23)cc1. The lowest BCUT2D eigenvalue weighted by atomic mass is 10.0. The van der Waals surface area contributed by atoms with E-state index in [2.05, 4.69) is 9.71 Å². The Balaban J connectivity index is 1.50. The smallest absolute Gasteiger partial charge is 0.338 e. The van der Waals surface area contributed by atoms with E-state index in [4.69, 9.17) is 10.00 Å². The molecule has 4 aromatic rings. The van der Waals surface area contributed by atoms with Crippen LogP contribution in [0.4, 0.5) is 0 Å². The number of fused-ring (bicyclic) bond motifs is 1. The third-order valence-electron chi connectivity index (χ3n) is 5.31. The van der Waals surface area contributed by atoms with Gasteiger partial charge >= 0.3 is 5.97 Å². The minimum absolute atomic E-state index is 0.0104. The van der Waals surface area contributed by atoms with Gasteiger partial charge in [-0.05, 0) is 35.9 Å². The minimum Gasteiger partial charge on any atom is -0.454 e.